The Labute approximate surface area is 133 Å². The van der Waals surface area contributed by atoms with Crippen molar-refractivity contribution in [1.29, 1.82) is 0 Å². The number of hydrogen-bond acceptors (Lipinski definition) is 4. The Kier molecular flexibility index (Phi) is 3.94. The maximum atomic E-state index is 11.7. The van der Waals surface area contributed by atoms with Gasteiger partial charge in [-0.05, 0) is 55.0 Å². The van der Waals surface area contributed by atoms with Crippen LogP contribution in [-0.2, 0) is 4.79 Å². The first-order valence-corrected chi connectivity index (χ1v) is 8.11. The van der Waals surface area contributed by atoms with E-state index in [1.807, 2.05) is 12.1 Å². The summed E-state index contributed by atoms with van der Waals surface area (Å²) in [5.41, 5.74) is 8.75. The fourth-order valence-corrected chi connectivity index (χ4v) is 3.83. The first kappa shape index (κ1) is 14.8. The molecule has 2 unspecified atom stereocenters. The molecule has 3 N–H and O–H groups in total. The summed E-state index contributed by atoms with van der Waals surface area (Å²) in [6.07, 6.45) is 1.14. The molecule has 5 nitrogen and oxygen atoms in total. The van der Waals surface area contributed by atoms with Gasteiger partial charge in [-0.15, -0.1) is 0 Å². The van der Waals surface area contributed by atoms with Gasteiger partial charge in [-0.3, -0.25) is 4.79 Å². The number of fused-ring (bicyclic) bond motifs is 1. The van der Waals surface area contributed by atoms with Gasteiger partial charge in [-0.1, -0.05) is 0 Å². The molecule has 2 aliphatic heterocycles. The second-order valence-electron chi connectivity index (χ2n) is 6.02. The minimum absolute atomic E-state index is 0.127. The van der Waals surface area contributed by atoms with Crippen molar-refractivity contribution in [2.75, 3.05) is 36.9 Å². The van der Waals surface area contributed by atoms with Gasteiger partial charge in [-0.2, -0.15) is 0 Å². The predicted molar refractivity (Wildman–Crippen MR) is 88.6 cm³/mol. The van der Waals surface area contributed by atoms with Crippen LogP contribution in [0.25, 0.3) is 0 Å². The highest BCUT2D eigenvalue weighted by Gasteiger charge is 2.30. The van der Waals surface area contributed by atoms with Gasteiger partial charge in [0, 0.05) is 34.9 Å². The van der Waals surface area contributed by atoms with Crippen LogP contribution in [0.3, 0.4) is 0 Å². The SMILES string of the molecule is CC1CN(C)CCCN1c1cc2c(cc1Br)C(N)C(=O)N2. The molecular weight excluding hydrogens is 332 g/mol. The second kappa shape index (κ2) is 5.59. The van der Waals surface area contributed by atoms with Gasteiger partial charge in [-0.25, -0.2) is 0 Å². The fourth-order valence-electron chi connectivity index (χ4n) is 3.24. The average molecular weight is 353 g/mol. The molecule has 1 aromatic carbocycles. The zero-order chi connectivity index (χ0) is 15.1. The number of benzene rings is 1. The van der Waals surface area contributed by atoms with Crippen LogP contribution in [0, 0.1) is 0 Å². The van der Waals surface area contributed by atoms with Gasteiger partial charge in [0.15, 0.2) is 0 Å². The van der Waals surface area contributed by atoms with Crippen LogP contribution in [0.5, 0.6) is 0 Å². The van der Waals surface area contributed by atoms with Gasteiger partial charge in [0.25, 0.3) is 0 Å². The number of carbonyl (C=O) groups is 1. The number of amides is 1. The molecule has 3 rings (SSSR count). The van der Waals surface area contributed by atoms with E-state index < -0.39 is 6.04 Å². The number of carbonyl (C=O) groups excluding carboxylic acids is 1. The van der Waals surface area contributed by atoms with Crippen LogP contribution < -0.4 is 16.0 Å². The predicted octanol–water partition coefficient (Wildman–Crippen LogP) is 1.93. The van der Waals surface area contributed by atoms with E-state index in [1.165, 1.54) is 0 Å². The zero-order valence-electron chi connectivity index (χ0n) is 12.4. The fraction of sp³-hybridized carbons (Fsp3) is 0.533. The maximum absolute atomic E-state index is 11.7. The van der Waals surface area contributed by atoms with Gasteiger partial charge in [0.1, 0.15) is 6.04 Å². The molecule has 0 radical (unpaired) electrons. The van der Waals surface area contributed by atoms with Gasteiger partial charge < -0.3 is 20.9 Å². The largest absolute Gasteiger partial charge is 0.367 e. The number of anilines is 2. The number of likely N-dealkylation sites (N-methyl/N-ethyl adjacent to an activating group) is 1. The Hall–Kier alpha value is -1.11. The quantitative estimate of drug-likeness (QED) is 0.810. The van der Waals surface area contributed by atoms with Crippen molar-refractivity contribution in [3.05, 3.63) is 22.2 Å². The Bertz CT molecular complexity index is 577. The molecule has 1 fully saturated rings. The van der Waals surface area contributed by atoms with E-state index in [9.17, 15) is 4.79 Å². The first-order chi connectivity index (χ1) is 9.97. The Morgan fingerprint density at radius 2 is 2.14 bits per heavy atom. The number of hydrogen-bond donors (Lipinski definition) is 2. The number of halogens is 1. The standard InChI is InChI=1S/C15H21BrN4O/c1-9-8-19(2)4-3-5-20(9)13-7-12-10(6-11(13)16)14(17)15(21)18-12/h6-7,9,14H,3-5,8,17H2,1-2H3,(H,18,21). The lowest BCUT2D eigenvalue weighted by Gasteiger charge is -2.31. The van der Waals surface area contributed by atoms with Gasteiger partial charge in [0.2, 0.25) is 5.91 Å². The van der Waals surface area contributed by atoms with Crippen molar-refractivity contribution < 1.29 is 4.79 Å². The normalized spacial score (nSPS) is 26.5. The van der Waals surface area contributed by atoms with Crippen LogP contribution in [0.1, 0.15) is 24.9 Å². The number of rotatable bonds is 1. The molecule has 0 aliphatic carbocycles. The van der Waals surface area contributed by atoms with Crippen LogP contribution >= 0.6 is 15.9 Å². The van der Waals surface area contributed by atoms with Crippen LogP contribution in [0.4, 0.5) is 11.4 Å². The topological polar surface area (TPSA) is 61.6 Å². The molecule has 2 atom stereocenters. The van der Waals surface area contributed by atoms with E-state index in [0.29, 0.717) is 6.04 Å². The summed E-state index contributed by atoms with van der Waals surface area (Å²) in [4.78, 5) is 16.5. The van der Waals surface area contributed by atoms with E-state index in [2.05, 4.69) is 45.0 Å². The van der Waals surface area contributed by atoms with E-state index >= 15 is 0 Å². The van der Waals surface area contributed by atoms with Gasteiger partial charge >= 0.3 is 0 Å². The maximum Gasteiger partial charge on any atom is 0.245 e. The van der Waals surface area contributed by atoms with E-state index in [0.717, 1.165) is 47.5 Å². The molecule has 0 bridgehead atoms. The molecule has 1 amide bonds. The monoisotopic (exact) mass is 352 g/mol. The molecule has 2 aliphatic rings. The van der Waals surface area contributed by atoms with Crippen molar-refractivity contribution >= 4 is 33.2 Å². The first-order valence-electron chi connectivity index (χ1n) is 7.32. The molecule has 1 saturated heterocycles. The van der Waals surface area contributed by atoms with E-state index in [-0.39, 0.29) is 5.91 Å². The van der Waals surface area contributed by atoms with E-state index in [1.54, 1.807) is 0 Å². The summed E-state index contributed by atoms with van der Waals surface area (Å²) >= 11 is 3.65. The summed E-state index contributed by atoms with van der Waals surface area (Å²) < 4.78 is 1.00. The third-order valence-electron chi connectivity index (χ3n) is 4.35. The highest BCUT2D eigenvalue weighted by atomic mass is 79.9. The average Bonchev–Trinajstić information content (AvgIpc) is 2.59. The molecule has 21 heavy (non-hydrogen) atoms. The zero-order valence-corrected chi connectivity index (χ0v) is 14.0. The molecule has 0 saturated carbocycles. The van der Waals surface area contributed by atoms with Crippen LogP contribution in [0.2, 0.25) is 0 Å². The summed E-state index contributed by atoms with van der Waals surface area (Å²) in [5, 5.41) is 2.87. The van der Waals surface area contributed by atoms with Crippen molar-refractivity contribution in [3.8, 4) is 0 Å². The number of nitrogens with two attached hydrogens (primary N) is 1. The minimum atomic E-state index is -0.557. The molecule has 1 aromatic rings. The lowest BCUT2D eigenvalue weighted by molar-refractivity contribution is -0.116. The number of nitrogens with one attached hydrogen (secondary N) is 1. The molecular formula is C15H21BrN4O. The lowest BCUT2D eigenvalue weighted by Crippen LogP contribution is -2.38. The lowest BCUT2D eigenvalue weighted by atomic mass is 10.1. The van der Waals surface area contributed by atoms with Crippen LogP contribution in [-0.4, -0.2) is 43.5 Å². The number of nitrogens with zero attached hydrogens (tertiary/aromatic N) is 2. The molecule has 2 heterocycles. The molecule has 0 aromatic heterocycles. The Balaban J connectivity index is 1.96. The van der Waals surface area contributed by atoms with Crippen LogP contribution in [0.15, 0.2) is 16.6 Å². The van der Waals surface area contributed by atoms with Crippen molar-refractivity contribution in [3.63, 3.8) is 0 Å². The second-order valence-corrected chi connectivity index (χ2v) is 6.87. The Morgan fingerprint density at radius 3 is 2.90 bits per heavy atom. The molecule has 114 valence electrons. The minimum Gasteiger partial charge on any atom is -0.367 e. The third-order valence-corrected chi connectivity index (χ3v) is 4.99. The Morgan fingerprint density at radius 1 is 1.38 bits per heavy atom. The summed E-state index contributed by atoms with van der Waals surface area (Å²) in [5.74, 6) is -0.127. The van der Waals surface area contributed by atoms with Crippen molar-refractivity contribution in [2.24, 2.45) is 5.73 Å². The highest BCUT2D eigenvalue weighted by molar-refractivity contribution is 9.10. The summed E-state index contributed by atoms with van der Waals surface area (Å²) in [7, 11) is 2.16. The highest BCUT2D eigenvalue weighted by Crippen LogP contribution is 2.39. The van der Waals surface area contributed by atoms with Crippen molar-refractivity contribution in [1.82, 2.24) is 4.90 Å². The van der Waals surface area contributed by atoms with E-state index in [4.69, 9.17) is 5.73 Å². The van der Waals surface area contributed by atoms with Crippen molar-refractivity contribution in [2.45, 2.75) is 25.4 Å². The molecule has 6 heteroatoms. The smallest absolute Gasteiger partial charge is 0.245 e. The third kappa shape index (κ3) is 2.67. The van der Waals surface area contributed by atoms with Gasteiger partial charge in [0.05, 0.1) is 5.69 Å². The summed E-state index contributed by atoms with van der Waals surface area (Å²) in [6.45, 7) is 5.41. The molecule has 0 spiro atoms. The summed E-state index contributed by atoms with van der Waals surface area (Å²) in [6, 6.07) is 3.90.